The first kappa shape index (κ1) is 20.3. The minimum absolute atomic E-state index is 0.0986. The number of carbonyl (C=O) groups is 1. The highest BCUT2D eigenvalue weighted by Crippen LogP contribution is 2.23. The molecule has 0 bridgehead atoms. The number of ether oxygens (including phenoxy) is 1. The summed E-state index contributed by atoms with van der Waals surface area (Å²) in [6.45, 7) is 9.68. The van der Waals surface area contributed by atoms with E-state index in [1.165, 1.54) is 10.4 Å². The van der Waals surface area contributed by atoms with Crippen molar-refractivity contribution in [1.29, 1.82) is 0 Å². The lowest BCUT2D eigenvalue weighted by Gasteiger charge is -2.36. The predicted octanol–water partition coefficient (Wildman–Crippen LogP) is 1.12. The van der Waals surface area contributed by atoms with E-state index in [1.54, 1.807) is 23.1 Å². The van der Waals surface area contributed by atoms with Crippen molar-refractivity contribution in [3.05, 3.63) is 29.8 Å². The predicted molar refractivity (Wildman–Crippen MR) is 103 cm³/mol. The fraction of sp³-hybridized carbons (Fsp3) is 0.632. The molecule has 0 unspecified atom stereocenters. The first-order valence-electron chi connectivity index (χ1n) is 9.58. The molecule has 2 aliphatic heterocycles. The van der Waals surface area contributed by atoms with Crippen LogP contribution < -0.4 is 0 Å². The molecule has 8 heteroatoms. The number of benzene rings is 1. The molecule has 0 radical (unpaired) electrons. The molecule has 0 spiro atoms. The average Bonchev–Trinajstić information content (AvgIpc) is 2.68. The summed E-state index contributed by atoms with van der Waals surface area (Å²) in [5, 5.41) is 0. The topological polar surface area (TPSA) is 70.2 Å². The van der Waals surface area contributed by atoms with Crippen molar-refractivity contribution in [2.45, 2.75) is 18.7 Å². The quantitative estimate of drug-likeness (QED) is 0.747. The minimum atomic E-state index is -3.71. The second kappa shape index (κ2) is 8.68. The van der Waals surface area contributed by atoms with Gasteiger partial charge in [0.15, 0.2) is 0 Å². The molecule has 0 N–H and O–H groups in total. The summed E-state index contributed by atoms with van der Waals surface area (Å²) >= 11 is 0. The van der Waals surface area contributed by atoms with E-state index in [1.807, 2.05) is 0 Å². The smallest absolute Gasteiger partial charge is 0.255 e. The molecule has 7 nitrogen and oxygen atoms in total. The second-order valence-electron chi connectivity index (χ2n) is 7.50. The van der Waals surface area contributed by atoms with Crippen LogP contribution in [0.3, 0.4) is 0 Å². The van der Waals surface area contributed by atoms with E-state index in [9.17, 15) is 13.2 Å². The third-order valence-corrected chi connectivity index (χ3v) is 6.94. The molecule has 1 aromatic rings. The molecule has 2 heterocycles. The Labute approximate surface area is 161 Å². The van der Waals surface area contributed by atoms with Crippen LogP contribution in [-0.4, -0.2) is 87.5 Å². The van der Waals surface area contributed by atoms with E-state index < -0.39 is 10.0 Å². The first-order chi connectivity index (χ1) is 12.9. The van der Waals surface area contributed by atoms with Crippen LogP contribution in [0.2, 0.25) is 0 Å². The zero-order valence-corrected chi connectivity index (χ0v) is 17.0. The van der Waals surface area contributed by atoms with E-state index in [-0.39, 0.29) is 16.4 Å². The third-order valence-electron chi connectivity index (χ3n) is 4.99. The molecule has 0 aliphatic carbocycles. The highest BCUT2D eigenvalue weighted by molar-refractivity contribution is 7.89. The number of piperazine rings is 1. The maximum absolute atomic E-state index is 13.1. The van der Waals surface area contributed by atoms with Crippen LogP contribution in [0.4, 0.5) is 0 Å². The molecule has 1 amide bonds. The van der Waals surface area contributed by atoms with Gasteiger partial charge in [0, 0.05) is 45.8 Å². The normalized spacial score (nSPS) is 20.2. The van der Waals surface area contributed by atoms with Gasteiger partial charge in [0.1, 0.15) is 0 Å². The molecule has 0 aromatic heterocycles. The zero-order valence-electron chi connectivity index (χ0n) is 16.1. The molecule has 1 aromatic carbocycles. The number of amides is 1. The Morgan fingerprint density at radius 1 is 1.04 bits per heavy atom. The Bertz CT molecular complexity index is 752. The van der Waals surface area contributed by atoms with E-state index in [2.05, 4.69) is 18.7 Å². The maximum atomic E-state index is 13.1. The van der Waals surface area contributed by atoms with E-state index in [4.69, 9.17) is 4.74 Å². The Balaban J connectivity index is 1.77. The molecule has 0 atom stereocenters. The van der Waals surface area contributed by atoms with Crippen molar-refractivity contribution in [3.63, 3.8) is 0 Å². The molecule has 150 valence electrons. The molecule has 2 aliphatic rings. The molecular formula is C19H29N3O4S. The van der Waals surface area contributed by atoms with Gasteiger partial charge in [-0.1, -0.05) is 26.0 Å². The van der Waals surface area contributed by atoms with Gasteiger partial charge in [0.25, 0.3) is 5.91 Å². The summed E-state index contributed by atoms with van der Waals surface area (Å²) in [4.78, 5) is 17.3. The Kier molecular flexibility index (Phi) is 6.52. The van der Waals surface area contributed by atoms with Gasteiger partial charge < -0.3 is 9.64 Å². The van der Waals surface area contributed by atoms with Crippen molar-refractivity contribution in [1.82, 2.24) is 14.1 Å². The molecule has 2 fully saturated rings. The van der Waals surface area contributed by atoms with Crippen LogP contribution >= 0.6 is 0 Å². The van der Waals surface area contributed by atoms with E-state index in [0.717, 1.165) is 19.6 Å². The number of nitrogens with zero attached hydrogens (tertiary/aromatic N) is 3. The van der Waals surface area contributed by atoms with Crippen LogP contribution in [0.5, 0.6) is 0 Å². The number of morpholine rings is 1. The lowest BCUT2D eigenvalue weighted by molar-refractivity contribution is 0.0618. The first-order valence-corrected chi connectivity index (χ1v) is 11.0. The zero-order chi connectivity index (χ0) is 19.4. The lowest BCUT2D eigenvalue weighted by Crippen LogP contribution is -2.49. The van der Waals surface area contributed by atoms with Crippen molar-refractivity contribution in [2.24, 2.45) is 5.92 Å². The van der Waals surface area contributed by atoms with Gasteiger partial charge >= 0.3 is 0 Å². The third kappa shape index (κ3) is 4.68. The van der Waals surface area contributed by atoms with Crippen molar-refractivity contribution < 1.29 is 17.9 Å². The summed E-state index contributed by atoms with van der Waals surface area (Å²) in [7, 11) is -3.71. The number of carbonyl (C=O) groups excluding carboxylic acids is 1. The standard InChI is InChI=1S/C19H29N3O4S/c1-16(2)15-20-7-9-21(10-8-20)19(23)17-5-3-4-6-18(17)27(24,25)22-11-13-26-14-12-22/h3-6,16H,7-15H2,1-2H3. The highest BCUT2D eigenvalue weighted by Gasteiger charge is 2.32. The van der Waals surface area contributed by atoms with E-state index >= 15 is 0 Å². The number of rotatable bonds is 5. The number of hydrogen-bond acceptors (Lipinski definition) is 5. The Hall–Kier alpha value is -1.48. The highest BCUT2D eigenvalue weighted by atomic mass is 32.2. The van der Waals surface area contributed by atoms with Gasteiger partial charge in [0.2, 0.25) is 10.0 Å². The minimum Gasteiger partial charge on any atom is -0.379 e. The van der Waals surface area contributed by atoms with Crippen LogP contribution in [-0.2, 0) is 14.8 Å². The number of hydrogen-bond donors (Lipinski definition) is 0. The lowest BCUT2D eigenvalue weighted by atomic mass is 10.1. The van der Waals surface area contributed by atoms with Gasteiger partial charge in [-0.15, -0.1) is 0 Å². The van der Waals surface area contributed by atoms with Gasteiger partial charge in [-0.05, 0) is 18.1 Å². The van der Waals surface area contributed by atoms with Gasteiger partial charge in [0.05, 0.1) is 23.7 Å². The summed E-state index contributed by atoms with van der Waals surface area (Å²) in [5.41, 5.74) is 0.265. The molecular weight excluding hydrogens is 366 g/mol. The van der Waals surface area contributed by atoms with Crippen LogP contribution in [0.15, 0.2) is 29.2 Å². The Morgan fingerprint density at radius 3 is 2.30 bits per heavy atom. The SMILES string of the molecule is CC(C)CN1CCN(C(=O)c2ccccc2S(=O)(=O)N2CCOCC2)CC1. The second-order valence-corrected chi connectivity index (χ2v) is 9.41. The average molecular weight is 396 g/mol. The van der Waals surface area contributed by atoms with Crippen molar-refractivity contribution in [3.8, 4) is 0 Å². The van der Waals surface area contributed by atoms with Gasteiger partial charge in [-0.2, -0.15) is 4.31 Å². The fourth-order valence-corrected chi connectivity index (χ4v) is 5.21. The van der Waals surface area contributed by atoms with Gasteiger partial charge in [-0.3, -0.25) is 9.69 Å². The number of sulfonamides is 1. The monoisotopic (exact) mass is 395 g/mol. The Morgan fingerprint density at radius 2 is 1.67 bits per heavy atom. The molecule has 2 saturated heterocycles. The van der Waals surface area contributed by atoms with Crippen molar-refractivity contribution in [2.75, 3.05) is 59.0 Å². The summed E-state index contributed by atoms with van der Waals surface area (Å²) in [6, 6.07) is 6.55. The molecule has 27 heavy (non-hydrogen) atoms. The van der Waals surface area contributed by atoms with Crippen LogP contribution in [0.25, 0.3) is 0 Å². The summed E-state index contributed by atoms with van der Waals surface area (Å²) in [6.07, 6.45) is 0. The van der Waals surface area contributed by atoms with E-state index in [0.29, 0.717) is 45.3 Å². The fourth-order valence-electron chi connectivity index (χ4n) is 3.61. The van der Waals surface area contributed by atoms with Gasteiger partial charge in [-0.25, -0.2) is 8.42 Å². The summed E-state index contributed by atoms with van der Waals surface area (Å²) < 4.78 is 32.8. The van der Waals surface area contributed by atoms with Crippen LogP contribution in [0, 0.1) is 5.92 Å². The molecule has 3 rings (SSSR count). The summed E-state index contributed by atoms with van der Waals surface area (Å²) in [5.74, 6) is 0.387. The molecule has 0 saturated carbocycles. The van der Waals surface area contributed by atoms with Crippen molar-refractivity contribution >= 4 is 15.9 Å². The van der Waals surface area contributed by atoms with Crippen LogP contribution in [0.1, 0.15) is 24.2 Å². The maximum Gasteiger partial charge on any atom is 0.255 e. The largest absolute Gasteiger partial charge is 0.379 e.